The zero-order valence-corrected chi connectivity index (χ0v) is 7.67. The van der Waals surface area contributed by atoms with Gasteiger partial charge < -0.3 is 4.98 Å². The summed E-state index contributed by atoms with van der Waals surface area (Å²) in [4.78, 5) is 29.8. The second kappa shape index (κ2) is 2.57. The molecule has 0 saturated carbocycles. The largest absolute Gasteiger partial charge is 0.325 e. The summed E-state index contributed by atoms with van der Waals surface area (Å²) in [7, 11) is 0. The summed E-state index contributed by atoms with van der Waals surface area (Å²) in [6, 6.07) is 0.278. The van der Waals surface area contributed by atoms with Gasteiger partial charge in [0.15, 0.2) is 0 Å². The quantitative estimate of drug-likeness (QED) is 0.595. The molecule has 0 bridgehead atoms. The van der Waals surface area contributed by atoms with E-state index in [0.29, 0.717) is 6.54 Å². The van der Waals surface area contributed by atoms with E-state index in [0.717, 1.165) is 30.6 Å². The fourth-order valence-corrected chi connectivity index (χ4v) is 2.52. The first kappa shape index (κ1) is 7.99. The Labute approximate surface area is 79.8 Å². The van der Waals surface area contributed by atoms with Gasteiger partial charge in [0.25, 0.3) is 5.56 Å². The smallest absolute Gasteiger partial charge is 0.309 e. The molecule has 5 nitrogen and oxygen atoms in total. The van der Waals surface area contributed by atoms with Crippen molar-refractivity contribution in [2.24, 2.45) is 0 Å². The Hall–Kier alpha value is -1.36. The minimum atomic E-state index is -0.387. The molecule has 3 rings (SSSR count). The maximum Gasteiger partial charge on any atom is 0.325 e. The van der Waals surface area contributed by atoms with E-state index in [-0.39, 0.29) is 17.3 Å². The molecule has 1 aromatic rings. The van der Waals surface area contributed by atoms with E-state index in [1.165, 1.54) is 0 Å². The van der Waals surface area contributed by atoms with Gasteiger partial charge >= 0.3 is 5.69 Å². The van der Waals surface area contributed by atoms with Crippen molar-refractivity contribution in [3.8, 4) is 0 Å². The molecule has 74 valence electrons. The molecule has 2 aliphatic heterocycles. The lowest BCUT2D eigenvalue weighted by atomic mass is 10.1. The molecule has 1 atom stereocenters. The van der Waals surface area contributed by atoms with Crippen LogP contribution in [0.3, 0.4) is 0 Å². The summed E-state index contributed by atoms with van der Waals surface area (Å²) in [5.74, 6) is 0. The monoisotopic (exact) mass is 193 g/mol. The highest BCUT2D eigenvalue weighted by atomic mass is 16.2. The molecule has 2 N–H and O–H groups in total. The van der Waals surface area contributed by atoms with Crippen molar-refractivity contribution >= 4 is 0 Å². The first-order chi connectivity index (χ1) is 6.75. The SMILES string of the molecule is O=c1[nH]c2c(c(=O)[nH]1)CN1CCCC21. The number of hydrogen-bond donors (Lipinski definition) is 2. The first-order valence-electron chi connectivity index (χ1n) is 4.85. The van der Waals surface area contributed by atoms with Gasteiger partial charge in [-0.15, -0.1) is 0 Å². The Bertz CT molecular complexity index is 488. The van der Waals surface area contributed by atoms with Crippen LogP contribution in [0, 0.1) is 0 Å². The van der Waals surface area contributed by atoms with Crippen molar-refractivity contribution in [2.45, 2.75) is 25.4 Å². The molecule has 5 heteroatoms. The summed E-state index contributed by atoms with van der Waals surface area (Å²) in [6.45, 7) is 1.72. The van der Waals surface area contributed by atoms with Gasteiger partial charge in [-0.25, -0.2) is 4.79 Å². The normalized spacial score (nSPS) is 25.0. The molecule has 0 radical (unpaired) electrons. The maximum absolute atomic E-state index is 11.5. The molecular formula is C9H11N3O2. The molecule has 0 spiro atoms. The second-order valence-electron chi connectivity index (χ2n) is 3.93. The van der Waals surface area contributed by atoms with Crippen LogP contribution in [0.1, 0.15) is 30.1 Å². The van der Waals surface area contributed by atoms with E-state index in [4.69, 9.17) is 0 Å². The average molecular weight is 193 g/mol. The Morgan fingerprint density at radius 1 is 1.29 bits per heavy atom. The molecule has 0 aliphatic carbocycles. The van der Waals surface area contributed by atoms with Gasteiger partial charge in [-0.2, -0.15) is 0 Å². The van der Waals surface area contributed by atoms with Gasteiger partial charge in [0, 0.05) is 12.2 Å². The molecule has 0 amide bonds. The highest BCUT2D eigenvalue weighted by Gasteiger charge is 2.36. The predicted molar refractivity (Wildman–Crippen MR) is 50.1 cm³/mol. The van der Waals surface area contributed by atoms with Crippen LogP contribution in [0.4, 0.5) is 0 Å². The minimum absolute atomic E-state index is 0.224. The molecule has 2 aliphatic rings. The van der Waals surface area contributed by atoms with Crippen molar-refractivity contribution in [1.29, 1.82) is 0 Å². The van der Waals surface area contributed by atoms with E-state index >= 15 is 0 Å². The highest BCUT2D eigenvalue weighted by Crippen LogP contribution is 2.37. The predicted octanol–water partition coefficient (Wildman–Crippen LogP) is -0.286. The summed E-state index contributed by atoms with van der Waals surface area (Å²) >= 11 is 0. The van der Waals surface area contributed by atoms with Crippen LogP contribution in [0.25, 0.3) is 0 Å². The fraction of sp³-hybridized carbons (Fsp3) is 0.556. The number of nitrogens with zero attached hydrogens (tertiary/aromatic N) is 1. The molecule has 1 unspecified atom stereocenters. The summed E-state index contributed by atoms with van der Waals surface area (Å²) in [6.07, 6.45) is 2.20. The van der Waals surface area contributed by atoms with Crippen LogP contribution in [-0.2, 0) is 6.54 Å². The van der Waals surface area contributed by atoms with Crippen LogP contribution < -0.4 is 11.2 Å². The van der Waals surface area contributed by atoms with Gasteiger partial charge in [-0.1, -0.05) is 0 Å². The Kier molecular flexibility index (Phi) is 1.47. The van der Waals surface area contributed by atoms with E-state index < -0.39 is 0 Å². The third kappa shape index (κ3) is 0.928. The summed E-state index contributed by atoms with van der Waals surface area (Å²) in [5, 5.41) is 0. The van der Waals surface area contributed by atoms with Gasteiger partial charge in [0.1, 0.15) is 0 Å². The number of rotatable bonds is 0. The number of H-pyrrole nitrogens is 2. The molecule has 3 heterocycles. The van der Waals surface area contributed by atoms with Crippen LogP contribution in [-0.4, -0.2) is 21.4 Å². The zero-order chi connectivity index (χ0) is 9.71. The van der Waals surface area contributed by atoms with Crippen molar-refractivity contribution < 1.29 is 0 Å². The molecule has 1 fully saturated rings. The zero-order valence-electron chi connectivity index (χ0n) is 7.67. The third-order valence-corrected chi connectivity index (χ3v) is 3.13. The summed E-state index contributed by atoms with van der Waals surface area (Å²) in [5.41, 5.74) is 0.978. The van der Waals surface area contributed by atoms with Gasteiger partial charge in [-0.05, 0) is 19.4 Å². The highest BCUT2D eigenvalue weighted by molar-refractivity contribution is 5.26. The third-order valence-electron chi connectivity index (χ3n) is 3.13. The van der Waals surface area contributed by atoms with Crippen LogP contribution in [0.2, 0.25) is 0 Å². The number of aromatic amines is 2. The Morgan fingerprint density at radius 2 is 2.14 bits per heavy atom. The molecule has 1 aromatic heterocycles. The molecule has 14 heavy (non-hydrogen) atoms. The lowest BCUT2D eigenvalue weighted by Gasteiger charge is -2.12. The minimum Gasteiger partial charge on any atom is -0.309 e. The molecule has 0 aromatic carbocycles. The van der Waals surface area contributed by atoms with Crippen LogP contribution in [0.5, 0.6) is 0 Å². The maximum atomic E-state index is 11.5. The van der Waals surface area contributed by atoms with Crippen LogP contribution >= 0.6 is 0 Å². The first-order valence-corrected chi connectivity index (χ1v) is 4.85. The summed E-state index contributed by atoms with van der Waals surface area (Å²) < 4.78 is 0. The van der Waals surface area contributed by atoms with E-state index in [1.807, 2.05) is 0 Å². The van der Waals surface area contributed by atoms with E-state index in [9.17, 15) is 9.59 Å². The number of fused-ring (bicyclic) bond motifs is 3. The standard InChI is InChI=1S/C9H11N3O2/c13-8-5-4-12-3-1-2-6(12)7(5)10-9(14)11-8/h6H,1-4H2,(H2,10,11,13,14). The topological polar surface area (TPSA) is 69.0 Å². The van der Waals surface area contributed by atoms with Crippen molar-refractivity contribution in [2.75, 3.05) is 6.54 Å². The van der Waals surface area contributed by atoms with Gasteiger partial charge in [0.2, 0.25) is 0 Å². The lowest BCUT2D eigenvalue weighted by Crippen LogP contribution is -2.26. The fourth-order valence-electron chi connectivity index (χ4n) is 2.52. The Morgan fingerprint density at radius 3 is 3.00 bits per heavy atom. The molecular weight excluding hydrogens is 182 g/mol. The number of hydrogen-bond acceptors (Lipinski definition) is 3. The van der Waals surface area contributed by atoms with Crippen molar-refractivity contribution in [3.05, 3.63) is 32.1 Å². The Balaban J connectivity index is 2.24. The molecule has 1 saturated heterocycles. The lowest BCUT2D eigenvalue weighted by molar-refractivity contribution is 0.278. The number of nitrogens with one attached hydrogen (secondary N) is 2. The number of aromatic nitrogens is 2. The van der Waals surface area contributed by atoms with Crippen molar-refractivity contribution in [3.63, 3.8) is 0 Å². The van der Waals surface area contributed by atoms with Crippen LogP contribution in [0.15, 0.2) is 9.59 Å². The van der Waals surface area contributed by atoms with Crippen molar-refractivity contribution in [1.82, 2.24) is 14.9 Å². The van der Waals surface area contributed by atoms with Gasteiger partial charge in [0.05, 0.1) is 11.6 Å². The average Bonchev–Trinajstić information content (AvgIpc) is 2.65. The van der Waals surface area contributed by atoms with Gasteiger partial charge in [-0.3, -0.25) is 14.7 Å². The van der Waals surface area contributed by atoms with E-state index in [2.05, 4.69) is 14.9 Å². The second-order valence-corrected chi connectivity index (χ2v) is 3.93. The van der Waals surface area contributed by atoms with E-state index in [1.54, 1.807) is 0 Å².